The van der Waals surface area contributed by atoms with Gasteiger partial charge in [-0.1, -0.05) is 36.4 Å². The summed E-state index contributed by atoms with van der Waals surface area (Å²) >= 11 is 0. The predicted molar refractivity (Wildman–Crippen MR) is 80.0 cm³/mol. The quantitative estimate of drug-likeness (QED) is 0.787. The lowest BCUT2D eigenvalue weighted by Gasteiger charge is -2.11. The van der Waals surface area contributed by atoms with Gasteiger partial charge < -0.3 is 14.4 Å². The highest BCUT2D eigenvalue weighted by molar-refractivity contribution is 5.83. The molecule has 0 radical (unpaired) electrons. The van der Waals surface area contributed by atoms with Crippen LogP contribution in [0.15, 0.2) is 54.7 Å². The van der Waals surface area contributed by atoms with Crippen LogP contribution >= 0.6 is 0 Å². The minimum absolute atomic E-state index is 0.0489. The predicted octanol–water partition coefficient (Wildman–Crippen LogP) is 3.19. The highest BCUT2D eigenvalue weighted by Gasteiger charge is 2.08. The Labute approximate surface area is 118 Å². The van der Waals surface area contributed by atoms with Crippen LogP contribution in [0.2, 0.25) is 0 Å². The van der Waals surface area contributed by atoms with Crippen LogP contribution in [0.25, 0.3) is 10.9 Å². The smallest absolute Gasteiger partial charge is 0.123 e. The van der Waals surface area contributed by atoms with E-state index in [9.17, 15) is 5.11 Å². The molecule has 0 saturated heterocycles. The first-order chi connectivity index (χ1) is 9.83. The number of ether oxygens (including phenoxy) is 1. The van der Waals surface area contributed by atoms with Crippen LogP contribution < -0.4 is 4.74 Å². The summed E-state index contributed by atoms with van der Waals surface area (Å²) in [5.41, 5.74) is 3.16. The first kappa shape index (κ1) is 12.8. The molecule has 0 atom stereocenters. The van der Waals surface area contributed by atoms with Gasteiger partial charge in [0.05, 0.1) is 25.8 Å². The van der Waals surface area contributed by atoms with Crippen molar-refractivity contribution in [1.82, 2.24) is 4.57 Å². The molecule has 3 nitrogen and oxygen atoms in total. The summed E-state index contributed by atoms with van der Waals surface area (Å²) in [6.07, 6.45) is 2.05. The molecular formula is C17H17NO2. The Balaban J connectivity index is 2.07. The average Bonchev–Trinajstić information content (AvgIpc) is 2.91. The number of aromatic nitrogens is 1. The molecule has 0 aliphatic heterocycles. The molecule has 20 heavy (non-hydrogen) atoms. The van der Waals surface area contributed by atoms with E-state index in [1.807, 2.05) is 30.3 Å². The second-order valence-electron chi connectivity index (χ2n) is 4.77. The van der Waals surface area contributed by atoms with Gasteiger partial charge in [0.2, 0.25) is 0 Å². The Kier molecular flexibility index (Phi) is 3.44. The number of aliphatic hydroxyl groups is 1. The van der Waals surface area contributed by atoms with Gasteiger partial charge in [0.15, 0.2) is 0 Å². The molecule has 1 aromatic heterocycles. The number of hydrogen-bond donors (Lipinski definition) is 1. The Morgan fingerprint density at radius 1 is 1.00 bits per heavy atom. The number of methoxy groups -OCH3 is 1. The molecule has 0 fully saturated rings. The summed E-state index contributed by atoms with van der Waals surface area (Å²) in [6, 6.07) is 16.1. The maximum Gasteiger partial charge on any atom is 0.123 e. The van der Waals surface area contributed by atoms with Gasteiger partial charge in [-0.3, -0.25) is 0 Å². The van der Waals surface area contributed by atoms with Gasteiger partial charge in [0, 0.05) is 17.3 Å². The van der Waals surface area contributed by atoms with E-state index in [1.54, 1.807) is 7.11 Å². The summed E-state index contributed by atoms with van der Waals surface area (Å²) in [5, 5.41) is 10.7. The van der Waals surface area contributed by atoms with Crippen LogP contribution in [0.1, 0.15) is 11.1 Å². The molecule has 1 N–H and O–H groups in total. The van der Waals surface area contributed by atoms with Crippen molar-refractivity contribution >= 4 is 10.9 Å². The lowest BCUT2D eigenvalue weighted by molar-refractivity contribution is 0.283. The van der Waals surface area contributed by atoms with Crippen LogP contribution in [0.5, 0.6) is 5.75 Å². The Morgan fingerprint density at radius 3 is 2.60 bits per heavy atom. The summed E-state index contributed by atoms with van der Waals surface area (Å²) in [7, 11) is 1.69. The Bertz CT molecular complexity index is 731. The molecule has 102 valence electrons. The first-order valence-corrected chi connectivity index (χ1v) is 6.63. The van der Waals surface area contributed by atoms with Crippen molar-refractivity contribution in [2.45, 2.75) is 13.2 Å². The number of aliphatic hydroxyl groups excluding tert-OH is 1. The number of fused-ring (bicyclic) bond motifs is 1. The fraction of sp³-hybridized carbons (Fsp3) is 0.176. The third-order valence-corrected chi connectivity index (χ3v) is 3.58. The zero-order chi connectivity index (χ0) is 13.9. The van der Waals surface area contributed by atoms with E-state index in [-0.39, 0.29) is 6.61 Å². The second kappa shape index (κ2) is 5.39. The summed E-state index contributed by atoms with van der Waals surface area (Å²) in [5.74, 6) is 0.885. The highest BCUT2D eigenvalue weighted by Crippen LogP contribution is 2.24. The third kappa shape index (κ3) is 2.17. The fourth-order valence-electron chi connectivity index (χ4n) is 2.62. The molecule has 1 heterocycles. The van der Waals surface area contributed by atoms with Gasteiger partial charge in [0.25, 0.3) is 0 Å². The largest absolute Gasteiger partial charge is 0.496 e. The van der Waals surface area contributed by atoms with E-state index in [0.29, 0.717) is 0 Å². The van der Waals surface area contributed by atoms with Gasteiger partial charge in [-0.25, -0.2) is 0 Å². The number of rotatable bonds is 4. The van der Waals surface area contributed by atoms with Crippen molar-refractivity contribution in [1.29, 1.82) is 0 Å². The van der Waals surface area contributed by atoms with Crippen molar-refractivity contribution in [2.24, 2.45) is 0 Å². The molecule has 0 aliphatic rings. The van der Waals surface area contributed by atoms with Crippen LogP contribution in [0, 0.1) is 0 Å². The van der Waals surface area contributed by atoms with E-state index < -0.39 is 0 Å². The van der Waals surface area contributed by atoms with Crippen molar-refractivity contribution < 1.29 is 9.84 Å². The van der Waals surface area contributed by atoms with Crippen molar-refractivity contribution in [2.75, 3.05) is 7.11 Å². The zero-order valence-corrected chi connectivity index (χ0v) is 11.4. The average molecular weight is 267 g/mol. The number of para-hydroxylation sites is 2. The monoisotopic (exact) mass is 267 g/mol. The lowest BCUT2D eigenvalue weighted by Crippen LogP contribution is -2.02. The molecule has 0 unspecified atom stereocenters. The molecule has 3 rings (SSSR count). The van der Waals surface area contributed by atoms with Gasteiger partial charge in [0.1, 0.15) is 5.75 Å². The summed E-state index contributed by atoms with van der Waals surface area (Å²) in [4.78, 5) is 0. The standard InChI is InChI=1S/C17H17NO2/c1-20-16-8-3-2-5-14(16)11-18-10-9-13-6-4-7-15(12-19)17(13)18/h2-10,19H,11-12H2,1H3. The number of benzene rings is 2. The van der Waals surface area contributed by atoms with E-state index in [2.05, 4.69) is 29.0 Å². The molecule has 0 aliphatic carbocycles. The van der Waals surface area contributed by atoms with Gasteiger partial charge in [-0.15, -0.1) is 0 Å². The van der Waals surface area contributed by atoms with Crippen LogP contribution in [0.4, 0.5) is 0 Å². The minimum atomic E-state index is 0.0489. The molecule has 0 saturated carbocycles. The molecule has 0 bridgehead atoms. The van der Waals surface area contributed by atoms with E-state index in [0.717, 1.165) is 34.3 Å². The molecule has 2 aromatic carbocycles. The SMILES string of the molecule is COc1ccccc1Cn1ccc2cccc(CO)c21. The Morgan fingerprint density at radius 2 is 1.80 bits per heavy atom. The first-order valence-electron chi connectivity index (χ1n) is 6.63. The van der Waals surface area contributed by atoms with Crippen molar-refractivity contribution in [3.8, 4) is 5.75 Å². The highest BCUT2D eigenvalue weighted by atomic mass is 16.5. The van der Waals surface area contributed by atoms with E-state index >= 15 is 0 Å². The minimum Gasteiger partial charge on any atom is -0.496 e. The number of nitrogens with zero attached hydrogens (tertiary/aromatic N) is 1. The molecular weight excluding hydrogens is 250 g/mol. The molecule has 3 heteroatoms. The molecule has 3 aromatic rings. The van der Waals surface area contributed by atoms with Crippen LogP contribution in [-0.4, -0.2) is 16.8 Å². The van der Waals surface area contributed by atoms with Crippen LogP contribution in [0.3, 0.4) is 0 Å². The van der Waals surface area contributed by atoms with E-state index in [4.69, 9.17) is 4.74 Å². The normalized spacial score (nSPS) is 10.9. The van der Waals surface area contributed by atoms with Crippen molar-refractivity contribution in [3.63, 3.8) is 0 Å². The third-order valence-electron chi connectivity index (χ3n) is 3.58. The van der Waals surface area contributed by atoms with E-state index in [1.165, 1.54) is 0 Å². The van der Waals surface area contributed by atoms with Gasteiger partial charge in [-0.2, -0.15) is 0 Å². The molecule has 0 spiro atoms. The fourth-order valence-corrected chi connectivity index (χ4v) is 2.62. The zero-order valence-electron chi connectivity index (χ0n) is 11.4. The lowest BCUT2D eigenvalue weighted by atomic mass is 10.1. The van der Waals surface area contributed by atoms with Gasteiger partial charge in [-0.05, 0) is 17.5 Å². The number of hydrogen-bond acceptors (Lipinski definition) is 2. The van der Waals surface area contributed by atoms with Gasteiger partial charge >= 0.3 is 0 Å². The maximum atomic E-state index is 9.51. The second-order valence-corrected chi connectivity index (χ2v) is 4.77. The summed E-state index contributed by atoms with van der Waals surface area (Å²) in [6.45, 7) is 0.776. The Hall–Kier alpha value is -2.26. The van der Waals surface area contributed by atoms with Crippen LogP contribution in [-0.2, 0) is 13.2 Å². The maximum absolute atomic E-state index is 9.51. The molecule has 0 amide bonds. The topological polar surface area (TPSA) is 34.4 Å². The summed E-state index contributed by atoms with van der Waals surface area (Å²) < 4.78 is 7.55. The van der Waals surface area contributed by atoms with Crippen molar-refractivity contribution in [3.05, 3.63) is 65.9 Å².